The predicted molar refractivity (Wildman–Crippen MR) is 101 cm³/mol. The van der Waals surface area contributed by atoms with Gasteiger partial charge < -0.3 is 9.05 Å². The number of allylic oxidation sites excluding steroid dienone is 1. The van der Waals surface area contributed by atoms with Gasteiger partial charge in [0.1, 0.15) is 5.75 Å². The zero-order valence-corrected chi connectivity index (χ0v) is 16.2. The molecule has 1 aliphatic carbocycles. The van der Waals surface area contributed by atoms with Crippen LogP contribution in [0.5, 0.6) is 5.75 Å². The van der Waals surface area contributed by atoms with E-state index in [-0.39, 0.29) is 11.3 Å². The lowest BCUT2D eigenvalue weighted by atomic mass is 9.77. The molecule has 0 bridgehead atoms. The van der Waals surface area contributed by atoms with Gasteiger partial charge in [0.05, 0.1) is 10.5 Å². The van der Waals surface area contributed by atoms with Gasteiger partial charge in [0.2, 0.25) is 0 Å². The maximum atomic E-state index is 10.7. The molecule has 1 heterocycles. The Hall–Kier alpha value is -0.880. The Morgan fingerprint density at radius 3 is 2.79 bits per heavy atom. The fourth-order valence-electron chi connectivity index (χ4n) is 3.18. The molecule has 4 atom stereocenters. The molecule has 3 rings (SSSR count). The molecular formula is C16H20NO4PS2. The van der Waals surface area contributed by atoms with E-state index in [9.17, 15) is 10.1 Å². The van der Waals surface area contributed by atoms with Crippen LogP contribution in [0.25, 0.3) is 0 Å². The van der Waals surface area contributed by atoms with Gasteiger partial charge in [-0.15, -0.1) is 0 Å². The fraction of sp³-hybridized carbons (Fsp3) is 0.500. The van der Waals surface area contributed by atoms with Crippen molar-refractivity contribution in [1.29, 1.82) is 0 Å². The first-order valence-electron chi connectivity index (χ1n) is 7.79. The molecule has 1 aromatic carbocycles. The van der Waals surface area contributed by atoms with Crippen molar-refractivity contribution in [3.05, 3.63) is 46.5 Å². The van der Waals surface area contributed by atoms with Crippen LogP contribution in [-0.4, -0.2) is 15.8 Å². The second kappa shape index (κ2) is 6.45. The molecule has 0 amide bonds. The highest BCUT2D eigenvalue weighted by molar-refractivity contribution is 8.68. The van der Waals surface area contributed by atoms with Crippen LogP contribution in [0.3, 0.4) is 0 Å². The Labute approximate surface area is 150 Å². The van der Waals surface area contributed by atoms with Crippen molar-refractivity contribution >= 4 is 34.6 Å². The van der Waals surface area contributed by atoms with Gasteiger partial charge in [0.15, 0.2) is 0 Å². The van der Waals surface area contributed by atoms with Crippen LogP contribution in [0, 0.1) is 16.0 Å². The van der Waals surface area contributed by atoms with E-state index in [1.54, 1.807) is 23.5 Å². The van der Waals surface area contributed by atoms with Crippen LogP contribution in [0.2, 0.25) is 0 Å². The van der Waals surface area contributed by atoms with Gasteiger partial charge in [0.25, 0.3) is 11.4 Å². The molecule has 1 aromatic rings. The topological polar surface area (TPSA) is 61.6 Å². The Balaban J connectivity index is 1.74. The standard InChI is InChI=1S/C16H20NO4PS2/c1-11(2)12-8-9-16(3)15(10-12)24-22(23,21-16)20-14-6-4-13(5-7-14)17(18)19/h4-7,12,15H,1,8-10H2,2-3H3/t12-,15+,16+,22?/m1/s1. The molecule has 130 valence electrons. The van der Waals surface area contributed by atoms with E-state index in [2.05, 4.69) is 20.4 Å². The van der Waals surface area contributed by atoms with Gasteiger partial charge in [-0.25, -0.2) is 0 Å². The zero-order chi connectivity index (χ0) is 17.5. The minimum absolute atomic E-state index is 0.0315. The Kier molecular flexibility index (Phi) is 4.82. The smallest absolute Gasteiger partial charge is 0.298 e. The van der Waals surface area contributed by atoms with Gasteiger partial charge in [-0.05, 0) is 63.0 Å². The highest BCUT2D eigenvalue weighted by atomic mass is 32.9. The van der Waals surface area contributed by atoms with Crippen LogP contribution in [-0.2, 0) is 16.3 Å². The number of fused-ring (bicyclic) bond motifs is 1. The van der Waals surface area contributed by atoms with Gasteiger partial charge >= 0.3 is 0 Å². The summed E-state index contributed by atoms with van der Waals surface area (Å²) in [6.45, 7) is 8.29. The van der Waals surface area contributed by atoms with Gasteiger partial charge in [-0.2, -0.15) is 0 Å². The molecule has 1 aliphatic heterocycles. The summed E-state index contributed by atoms with van der Waals surface area (Å²) < 4.78 is 12.2. The highest BCUT2D eigenvalue weighted by Gasteiger charge is 2.53. The molecule has 1 saturated carbocycles. The SMILES string of the molecule is C=C(C)[C@@H]1CC[C@]2(C)OP(=S)(Oc3ccc([N+](=O)[O-])cc3)S[C@H]2C1. The van der Waals surface area contributed by atoms with Crippen LogP contribution in [0.15, 0.2) is 36.4 Å². The third kappa shape index (κ3) is 3.54. The number of hydrogen-bond acceptors (Lipinski definition) is 6. The number of hydrogen-bond donors (Lipinski definition) is 0. The molecule has 2 aliphatic rings. The number of nitrogens with zero attached hydrogens (tertiary/aromatic N) is 1. The Morgan fingerprint density at radius 2 is 2.21 bits per heavy atom. The summed E-state index contributed by atoms with van der Waals surface area (Å²) in [5.74, 6) is 1.04. The van der Waals surface area contributed by atoms with Gasteiger partial charge in [-0.3, -0.25) is 10.1 Å². The molecule has 1 unspecified atom stereocenters. The second-order valence-electron chi connectivity index (χ2n) is 6.61. The van der Waals surface area contributed by atoms with E-state index in [1.807, 2.05) is 0 Å². The van der Waals surface area contributed by atoms with E-state index >= 15 is 0 Å². The van der Waals surface area contributed by atoms with E-state index in [1.165, 1.54) is 17.7 Å². The van der Waals surface area contributed by atoms with Crippen molar-refractivity contribution in [2.24, 2.45) is 5.92 Å². The molecule has 5 nitrogen and oxygen atoms in total. The second-order valence-corrected chi connectivity index (χ2v) is 12.9. The van der Waals surface area contributed by atoms with Crippen molar-refractivity contribution in [3.63, 3.8) is 0 Å². The maximum absolute atomic E-state index is 10.7. The lowest BCUT2D eigenvalue weighted by Gasteiger charge is -2.37. The minimum Gasteiger partial charge on any atom is -0.436 e. The summed E-state index contributed by atoms with van der Waals surface area (Å²) in [7, 11) is 0. The molecule has 1 saturated heterocycles. The Morgan fingerprint density at radius 1 is 1.54 bits per heavy atom. The van der Waals surface area contributed by atoms with Gasteiger partial charge in [0, 0.05) is 17.4 Å². The first kappa shape index (κ1) is 17.9. The molecule has 8 heteroatoms. The molecule has 0 radical (unpaired) electrons. The van der Waals surface area contributed by atoms with Crippen LogP contribution < -0.4 is 4.52 Å². The number of non-ortho nitro benzene ring substituents is 1. The summed E-state index contributed by atoms with van der Waals surface area (Å²) in [6.07, 6.45) is 3.03. The normalized spacial score (nSPS) is 35.2. The average molecular weight is 385 g/mol. The average Bonchev–Trinajstić information content (AvgIpc) is 2.76. The quantitative estimate of drug-likeness (QED) is 0.297. The van der Waals surface area contributed by atoms with Crippen LogP contribution in [0.1, 0.15) is 33.1 Å². The van der Waals surface area contributed by atoms with Crippen LogP contribution in [0.4, 0.5) is 5.69 Å². The molecular weight excluding hydrogens is 365 g/mol. The minimum atomic E-state index is -2.51. The number of nitro groups is 1. The predicted octanol–water partition coefficient (Wildman–Crippen LogP) is 5.47. The monoisotopic (exact) mass is 385 g/mol. The number of nitro benzene ring substituents is 1. The first-order valence-corrected chi connectivity index (χ1v) is 11.9. The molecule has 0 spiro atoms. The van der Waals surface area contributed by atoms with E-state index in [4.69, 9.17) is 20.9 Å². The van der Waals surface area contributed by atoms with Crippen LogP contribution >= 0.6 is 17.1 Å². The van der Waals surface area contributed by atoms with E-state index in [0.717, 1.165) is 19.3 Å². The van der Waals surface area contributed by atoms with Crippen molar-refractivity contribution in [2.45, 2.75) is 44.0 Å². The lowest BCUT2D eigenvalue weighted by molar-refractivity contribution is -0.384. The van der Waals surface area contributed by atoms with E-state index in [0.29, 0.717) is 16.9 Å². The third-order valence-corrected chi connectivity index (χ3v) is 10.2. The maximum Gasteiger partial charge on any atom is 0.298 e. The summed E-state index contributed by atoms with van der Waals surface area (Å²) in [4.78, 5) is 10.3. The van der Waals surface area contributed by atoms with Crippen molar-refractivity contribution in [2.75, 3.05) is 0 Å². The molecule has 2 fully saturated rings. The summed E-state index contributed by atoms with van der Waals surface area (Å²) in [5, 5.41) is 11.0. The number of rotatable bonds is 4. The first-order chi connectivity index (χ1) is 11.2. The highest BCUT2D eigenvalue weighted by Crippen LogP contribution is 2.74. The van der Waals surface area contributed by atoms with Crippen molar-refractivity contribution in [1.82, 2.24) is 0 Å². The van der Waals surface area contributed by atoms with Crippen molar-refractivity contribution < 1.29 is 14.0 Å². The largest absolute Gasteiger partial charge is 0.436 e. The summed E-state index contributed by atoms with van der Waals surface area (Å²) in [6, 6.07) is 6.00. The van der Waals surface area contributed by atoms with E-state index < -0.39 is 10.6 Å². The summed E-state index contributed by atoms with van der Waals surface area (Å²) in [5.41, 5.74) is -1.52. The molecule has 0 aromatic heterocycles. The number of benzene rings is 1. The fourth-order valence-corrected chi connectivity index (χ4v) is 10.1. The zero-order valence-electron chi connectivity index (χ0n) is 13.6. The van der Waals surface area contributed by atoms with Gasteiger partial charge in [-0.1, -0.05) is 23.5 Å². The van der Waals surface area contributed by atoms with Crippen molar-refractivity contribution in [3.8, 4) is 5.75 Å². The summed E-state index contributed by atoms with van der Waals surface area (Å²) >= 11 is 7.33. The lowest BCUT2D eigenvalue weighted by Crippen LogP contribution is -2.40. The third-order valence-electron chi connectivity index (χ3n) is 4.71. The molecule has 24 heavy (non-hydrogen) atoms. The molecule has 0 N–H and O–H groups in total. The Bertz CT molecular complexity index is 723.